The fourth-order valence-corrected chi connectivity index (χ4v) is 1.56. The molecule has 106 valence electrons. The number of urea groups is 1. The lowest BCUT2D eigenvalue weighted by Gasteiger charge is -2.25. The Labute approximate surface area is 111 Å². The summed E-state index contributed by atoms with van der Waals surface area (Å²) in [5, 5.41) is 14.1. The Morgan fingerprint density at radius 2 is 2.11 bits per heavy atom. The molecule has 0 saturated carbocycles. The minimum atomic E-state index is -0.545. The van der Waals surface area contributed by atoms with E-state index < -0.39 is 17.4 Å². The maximum atomic E-state index is 13.2. The number of hydrogen-bond acceptors (Lipinski definition) is 3. The van der Waals surface area contributed by atoms with Gasteiger partial charge in [-0.2, -0.15) is 0 Å². The normalized spacial score (nSPS) is 11.0. The second-order valence-corrected chi connectivity index (χ2v) is 4.82. The van der Waals surface area contributed by atoms with Gasteiger partial charge in [-0.1, -0.05) is 0 Å². The van der Waals surface area contributed by atoms with Crippen LogP contribution in [-0.4, -0.2) is 30.4 Å². The van der Waals surface area contributed by atoms with Gasteiger partial charge in [0.25, 0.3) is 0 Å². The first kappa shape index (κ1) is 15.2. The molecule has 0 saturated heterocycles. The van der Waals surface area contributed by atoms with Gasteiger partial charge in [0.1, 0.15) is 11.6 Å². The van der Waals surface area contributed by atoms with Gasteiger partial charge in [0.05, 0.1) is 7.11 Å². The molecule has 1 aromatic rings. The number of halogens is 1. The van der Waals surface area contributed by atoms with Crippen LogP contribution in [0.1, 0.15) is 20.3 Å². The van der Waals surface area contributed by atoms with Crippen LogP contribution in [0.5, 0.6) is 5.75 Å². The first-order valence-corrected chi connectivity index (χ1v) is 5.91. The number of carbonyl (C=O) groups excluding carboxylic acids is 1. The van der Waals surface area contributed by atoms with Gasteiger partial charge < -0.3 is 20.5 Å². The van der Waals surface area contributed by atoms with Crippen molar-refractivity contribution in [2.75, 3.05) is 19.0 Å². The summed E-state index contributed by atoms with van der Waals surface area (Å²) in [6, 6.07) is 3.47. The second-order valence-electron chi connectivity index (χ2n) is 4.82. The van der Waals surface area contributed by atoms with Crippen molar-refractivity contribution in [1.29, 1.82) is 0 Å². The van der Waals surface area contributed by atoms with Gasteiger partial charge in [0.2, 0.25) is 0 Å². The van der Waals surface area contributed by atoms with E-state index >= 15 is 0 Å². The molecule has 0 atom stereocenters. The topological polar surface area (TPSA) is 70.6 Å². The van der Waals surface area contributed by atoms with Crippen molar-refractivity contribution < 1.29 is 19.0 Å². The quantitative estimate of drug-likeness (QED) is 0.767. The molecular weight excluding hydrogens is 251 g/mol. The van der Waals surface area contributed by atoms with Gasteiger partial charge in [-0.25, -0.2) is 9.18 Å². The highest BCUT2D eigenvalue weighted by atomic mass is 19.1. The van der Waals surface area contributed by atoms with E-state index in [-0.39, 0.29) is 6.61 Å². The minimum absolute atomic E-state index is 0.0267. The molecular formula is C13H19FN2O3. The number of aliphatic hydroxyl groups excluding tert-OH is 1. The van der Waals surface area contributed by atoms with Crippen molar-refractivity contribution in [2.24, 2.45) is 0 Å². The van der Waals surface area contributed by atoms with Crippen LogP contribution in [0.2, 0.25) is 0 Å². The Balaban J connectivity index is 2.69. The second kappa shape index (κ2) is 6.38. The summed E-state index contributed by atoms with van der Waals surface area (Å²) in [7, 11) is 1.42. The predicted molar refractivity (Wildman–Crippen MR) is 70.9 cm³/mol. The molecule has 0 radical (unpaired) electrons. The third kappa shape index (κ3) is 5.13. The van der Waals surface area contributed by atoms with Crippen LogP contribution in [0.25, 0.3) is 0 Å². The van der Waals surface area contributed by atoms with E-state index in [1.807, 2.05) is 0 Å². The molecule has 0 fully saturated rings. The first-order chi connectivity index (χ1) is 8.86. The van der Waals surface area contributed by atoms with E-state index in [0.717, 1.165) is 0 Å². The molecule has 1 rings (SSSR count). The van der Waals surface area contributed by atoms with Crippen LogP contribution in [0, 0.1) is 5.82 Å². The van der Waals surface area contributed by atoms with E-state index in [9.17, 15) is 9.18 Å². The van der Waals surface area contributed by atoms with Crippen LogP contribution < -0.4 is 15.4 Å². The molecule has 1 aromatic carbocycles. The smallest absolute Gasteiger partial charge is 0.319 e. The van der Waals surface area contributed by atoms with Crippen LogP contribution >= 0.6 is 0 Å². The minimum Gasteiger partial charge on any atom is -0.497 e. The molecule has 0 unspecified atom stereocenters. The Bertz CT molecular complexity index is 450. The summed E-state index contributed by atoms with van der Waals surface area (Å²) in [5.41, 5.74) is -0.245. The molecule has 6 heteroatoms. The lowest BCUT2D eigenvalue weighted by Crippen LogP contribution is -2.46. The van der Waals surface area contributed by atoms with Crippen molar-refractivity contribution >= 4 is 11.7 Å². The van der Waals surface area contributed by atoms with Gasteiger partial charge in [-0.3, -0.25) is 0 Å². The Hall–Kier alpha value is -1.82. The average molecular weight is 270 g/mol. The number of benzene rings is 1. The van der Waals surface area contributed by atoms with Crippen LogP contribution in [0.4, 0.5) is 14.9 Å². The molecule has 5 nitrogen and oxygen atoms in total. The molecule has 0 aromatic heterocycles. The van der Waals surface area contributed by atoms with Crippen molar-refractivity contribution in [3.8, 4) is 5.75 Å². The molecule has 0 aliphatic carbocycles. The van der Waals surface area contributed by atoms with Crippen molar-refractivity contribution in [1.82, 2.24) is 5.32 Å². The zero-order chi connectivity index (χ0) is 14.5. The van der Waals surface area contributed by atoms with Crippen molar-refractivity contribution in [3.05, 3.63) is 24.0 Å². The molecule has 19 heavy (non-hydrogen) atoms. The molecule has 0 heterocycles. The lowest BCUT2D eigenvalue weighted by atomic mass is 10.0. The number of rotatable bonds is 5. The zero-order valence-corrected chi connectivity index (χ0v) is 11.3. The predicted octanol–water partition coefficient (Wildman–Crippen LogP) is 2.12. The van der Waals surface area contributed by atoms with Crippen LogP contribution in [-0.2, 0) is 0 Å². The number of hydrogen-bond donors (Lipinski definition) is 3. The van der Waals surface area contributed by atoms with Crippen LogP contribution in [0.3, 0.4) is 0 Å². The maximum absolute atomic E-state index is 13.2. The van der Waals surface area contributed by atoms with E-state index in [1.165, 1.54) is 25.3 Å². The summed E-state index contributed by atoms with van der Waals surface area (Å²) >= 11 is 0. The van der Waals surface area contributed by atoms with Gasteiger partial charge in [0.15, 0.2) is 0 Å². The van der Waals surface area contributed by atoms with E-state index in [4.69, 9.17) is 9.84 Å². The number of aliphatic hydroxyl groups is 1. The standard InChI is InChI=1S/C13H19FN2O3/c1-13(2,4-5-17)16-12(18)15-10-6-9(14)7-11(8-10)19-3/h6-8,17H,4-5H2,1-3H3,(H2,15,16,18). The Morgan fingerprint density at radius 3 is 2.68 bits per heavy atom. The molecule has 0 aliphatic rings. The maximum Gasteiger partial charge on any atom is 0.319 e. The number of methoxy groups -OCH3 is 1. The van der Waals surface area contributed by atoms with Crippen molar-refractivity contribution in [3.63, 3.8) is 0 Å². The highest BCUT2D eigenvalue weighted by molar-refractivity contribution is 5.89. The number of nitrogens with one attached hydrogen (secondary N) is 2. The summed E-state index contributed by atoms with van der Waals surface area (Å²) in [6.07, 6.45) is 0.424. The van der Waals surface area contributed by atoms with E-state index in [1.54, 1.807) is 13.8 Å². The highest BCUT2D eigenvalue weighted by Gasteiger charge is 2.19. The number of ether oxygens (including phenoxy) is 1. The monoisotopic (exact) mass is 270 g/mol. The first-order valence-electron chi connectivity index (χ1n) is 5.91. The molecule has 3 N–H and O–H groups in total. The van der Waals surface area contributed by atoms with Crippen molar-refractivity contribution in [2.45, 2.75) is 25.8 Å². The SMILES string of the molecule is COc1cc(F)cc(NC(=O)NC(C)(C)CCO)c1. The Morgan fingerprint density at radius 1 is 1.42 bits per heavy atom. The largest absolute Gasteiger partial charge is 0.497 e. The third-order valence-electron chi connectivity index (χ3n) is 2.55. The summed E-state index contributed by atoms with van der Waals surface area (Å²) < 4.78 is 18.2. The van der Waals surface area contributed by atoms with Gasteiger partial charge in [-0.15, -0.1) is 0 Å². The number of anilines is 1. The zero-order valence-electron chi connectivity index (χ0n) is 11.3. The summed E-state index contributed by atoms with van der Waals surface area (Å²) in [5.74, 6) is -0.172. The third-order valence-corrected chi connectivity index (χ3v) is 2.55. The number of amides is 2. The number of carbonyl (C=O) groups is 1. The molecule has 0 spiro atoms. The van der Waals surface area contributed by atoms with E-state index in [0.29, 0.717) is 17.9 Å². The fourth-order valence-electron chi connectivity index (χ4n) is 1.56. The fraction of sp³-hybridized carbons (Fsp3) is 0.462. The molecule has 2 amide bonds. The molecule has 0 bridgehead atoms. The van der Waals surface area contributed by atoms with Gasteiger partial charge in [0, 0.05) is 30.0 Å². The highest BCUT2D eigenvalue weighted by Crippen LogP contribution is 2.20. The van der Waals surface area contributed by atoms with Gasteiger partial charge in [-0.05, 0) is 26.3 Å². The lowest BCUT2D eigenvalue weighted by molar-refractivity contribution is 0.218. The van der Waals surface area contributed by atoms with Gasteiger partial charge >= 0.3 is 6.03 Å². The van der Waals surface area contributed by atoms with E-state index in [2.05, 4.69) is 10.6 Å². The summed E-state index contributed by atoms with van der Waals surface area (Å²) in [4.78, 5) is 11.7. The average Bonchev–Trinajstić information content (AvgIpc) is 2.26. The molecule has 0 aliphatic heterocycles. The summed E-state index contributed by atoms with van der Waals surface area (Å²) in [6.45, 7) is 3.55. The van der Waals surface area contributed by atoms with Crippen LogP contribution in [0.15, 0.2) is 18.2 Å². The Kier molecular flexibility index (Phi) is 5.11.